The Morgan fingerprint density at radius 1 is 0.879 bits per heavy atom. The standard InChI is InChI=1S/C27H23F4NO/c1-2-15-33-23-12-14-25(32-17-23)21-9-13-24-20(16-21)8-7-19(26(24)28)6-3-18-4-10-22(11-5-18)27(29,30)31/h4-5,7-14,16-17H,2-3,6,15H2,1H3. The number of alkyl halides is 3. The summed E-state index contributed by atoms with van der Waals surface area (Å²) in [6.45, 7) is 2.67. The van der Waals surface area contributed by atoms with E-state index in [4.69, 9.17) is 4.74 Å². The monoisotopic (exact) mass is 453 g/mol. The number of rotatable bonds is 7. The van der Waals surface area contributed by atoms with Gasteiger partial charge in [0, 0.05) is 10.9 Å². The molecule has 0 aliphatic carbocycles. The van der Waals surface area contributed by atoms with Gasteiger partial charge in [0.2, 0.25) is 0 Å². The Bertz CT molecular complexity index is 1230. The Morgan fingerprint density at radius 2 is 1.67 bits per heavy atom. The molecule has 1 heterocycles. The van der Waals surface area contributed by atoms with E-state index in [1.54, 1.807) is 18.3 Å². The molecule has 3 aromatic carbocycles. The van der Waals surface area contributed by atoms with E-state index in [1.807, 2.05) is 37.3 Å². The first kappa shape index (κ1) is 22.8. The number of hydrogen-bond donors (Lipinski definition) is 0. The number of aromatic nitrogens is 1. The summed E-state index contributed by atoms with van der Waals surface area (Å²) in [6, 6.07) is 17.8. The van der Waals surface area contributed by atoms with Crippen molar-refractivity contribution in [3.05, 3.63) is 95.4 Å². The number of hydrogen-bond acceptors (Lipinski definition) is 2. The van der Waals surface area contributed by atoms with E-state index in [1.165, 1.54) is 12.1 Å². The maximum absolute atomic E-state index is 15.1. The molecule has 0 amide bonds. The molecule has 0 aliphatic heterocycles. The molecule has 0 spiro atoms. The number of ether oxygens (including phenoxy) is 1. The van der Waals surface area contributed by atoms with Gasteiger partial charge in [0.1, 0.15) is 11.6 Å². The van der Waals surface area contributed by atoms with E-state index < -0.39 is 11.7 Å². The lowest BCUT2D eigenvalue weighted by Gasteiger charge is -2.10. The fourth-order valence-electron chi connectivity index (χ4n) is 3.69. The molecule has 0 atom stereocenters. The van der Waals surface area contributed by atoms with Gasteiger partial charge < -0.3 is 4.74 Å². The highest BCUT2D eigenvalue weighted by molar-refractivity contribution is 5.88. The molecule has 0 unspecified atom stereocenters. The zero-order valence-electron chi connectivity index (χ0n) is 18.1. The van der Waals surface area contributed by atoms with Gasteiger partial charge in [-0.1, -0.05) is 43.3 Å². The van der Waals surface area contributed by atoms with Gasteiger partial charge in [0.05, 0.1) is 24.1 Å². The third-order valence-electron chi connectivity index (χ3n) is 5.50. The van der Waals surface area contributed by atoms with Crippen molar-refractivity contribution < 1.29 is 22.3 Å². The minimum Gasteiger partial charge on any atom is -0.492 e. The van der Waals surface area contributed by atoms with Crippen molar-refractivity contribution >= 4 is 10.8 Å². The molecule has 0 N–H and O–H groups in total. The summed E-state index contributed by atoms with van der Waals surface area (Å²) in [6.07, 6.45) is -0.905. The lowest BCUT2D eigenvalue weighted by atomic mass is 9.98. The largest absolute Gasteiger partial charge is 0.492 e. The summed E-state index contributed by atoms with van der Waals surface area (Å²) < 4.78 is 58.8. The molecule has 0 saturated heterocycles. The molecule has 1 aromatic heterocycles. The molecule has 170 valence electrons. The smallest absolute Gasteiger partial charge is 0.416 e. The van der Waals surface area contributed by atoms with E-state index >= 15 is 4.39 Å². The summed E-state index contributed by atoms with van der Waals surface area (Å²) in [5.41, 5.74) is 2.23. The fraction of sp³-hybridized carbons (Fsp3) is 0.222. The number of pyridine rings is 1. The van der Waals surface area contributed by atoms with Crippen molar-refractivity contribution in [3.8, 4) is 17.0 Å². The predicted octanol–water partition coefficient (Wildman–Crippen LogP) is 7.63. The van der Waals surface area contributed by atoms with Crippen LogP contribution >= 0.6 is 0 Å². The van der Waals surface area contributed by atoms with Crippen LogP contribution in [-0.4, -0.2) is 11.6 Å². The minimum atomic E-state index is -4.36. The molecule has 6 heteroatoms. The Labute approximate surface area is 189 Å². The van der Waals surface area contributed by atoms with Crippen LogP contribution in [0.3, 0.4) is 0 Å². The van der Waals surface area contributed by atoms with Gasteiger partial charge in [-0.2, -0.15) is 13.2 Å². The van der Waals surface area contributed by atoms with Crippen LogP contribution in [0.15, 0.2) is 72.9 Å². The van der Waals surface area contributed by atoms with Crippen molar-refractivity contribution in [1.82, 2.24) is 4.98 Å². The first-order valence-corrected chi connectivity index (χ1v) is 10.8. The highest BCUT2D eigenvalue weighted by atomic mass is 19.4. The van der Waals surface area contributed by atoms with Gasteiger partial charge >= 0.3 is 6.18 Å². The van der Waals surface area contributed by atoms with Gasteiger partial charge in [0.25, 0.3) is 0 Å². The average Bonchev–Trinajstić information content (AvgIpc) is 2.82. The highest BCUT2D eigenvalue weighted by Gasteiger charge is 2.29. The first-order chi connectivity index (χ1) is 15.8. The van der Waals surface area contributed by atoms with Gasteiger partial charge in [0.15, 0.2) is 0 Å². The zero-order valence-corrected chi connectivity index (χ0v) is 18.1. The molecule has 0 saturated carbocycles. The Kier molecular flexibility index (Phi) is 6.63. The highest BCUT2D eigenvalue weighted by Crippen LogP contribution is 2.30. The van der Waals surface area contributed by atoms with Crippen molar-refractivity contribution in [2.45, 2.75) is 32.4 Å². The van der Waals surface area contributed by atoms with E-state index in [2.05, 4.69) is 4.98 Å². The van der Waals surface area contributed by atoms with Crippen LogP contribution in [0.4, 0.5) is 17.6 Å². The summed E-state index contributed by atoms with van der Waals surface area (Å²) in [5, 5.41) is 1.27. The molecule has 4 aromatic rings. The lowest BCUT2D eigenvalue weighted by molar-refractivity contribution is -0.137. The third-order valence-corrected chi connectivity index (χ3v) is 5.50. The zero-order chi connectivity index (χ0) is 23.4. The van der Waals surface area contributed by atoms with Crippen molar-refractivity contribution in [1.29, 1.82) is 0 Å². The van der Waals surface area contributed by atoms with Gasteiger partial charge in [-0.15, -0.1) is 0 Å². The fourth-order valence-corrected chi connectivity index (χ4v) is 3.69. The number of aryl methyl sites for hydroxylation is 2. The van der Waals surface area contributed by atoms with Crippen LogP contribution in [0.5, 0.6) is 5.75 Å². The molecule has 0 radical (unpaired) electrons. The average molecular weight is 453 g/mol. The van der Waals surface area contributed by atoms with Crippen LogP contribution in [0.25, 0.3) is 22.0 Å². The van der Waals surface area contributed by atoms with Gasteiger partial charge in [-0.3, -0.25) is 4.98 Å². The van der Waals surface area contributed by atoms with Crippen molar-refractivity contribution in [2.75, 3.05) is 6.61 Å². The minimum absolute atomic E-state index is 0.303. The van der Waals surface area contributed by atoms with Crippen LogP contribution in [0.2, 0.25) is 0 Å². The maximum Gasteiger partial charge on any atom is 0.416 e. The third kappa shape index (κ3) is 5.33. The van der Waals surface area contributed by atoms with E-state index in [0.717, 1.165) is 40.8 Å². The van der Waals surface area contributed by atoms with Crippen LogP contribution in [0.1, 0.15) is 30.0 Å². The van der Waals surface area contributed by atoms with Gasteiger partial charge in [-0.05, 0) is 66.1 Å². The molecule has 33 heavy (non-hydrogen) atoms. The van der Waals surface area contributed by atoms with Crippen LogP contribution in [-0.2, 0) is 19.0 Å². The topological polar surface area (TPSA) is 22.1 Å². The molecular formula is C27H23F4NO. The number of nitrogens with zero attached hydrogens (tertiary/aromatic N) is 1. The SMILES string of the molecule is CCCOc1ccc(-c2ccc3c(F)c(CCc4ccc(C(F)(F)F)cc4)ccc3c2)nc1. The van der Waals surface area contributed by atoms with Gasteiger partial charge in [-0.25, -0.2) is 4.39 Å². The van der Waals surface area contributed by atoms with E-state index in [-0.39, 0.29) is 5.82 Å². The van der Waals surface area contributed by atoms with Crippen LogP contribution in [0, 0.1) is 5.82 Å². The van der Waals surface area contributed by atoms with E-state index in [9.17, 15) is 13.2 Å². The van der Waals surface area contributed by atoms with E-state index in [0.29, 0.717) is 36.1 Å². The molecule has 2 nitrogen and oxygen atoms in total. The summed E-state index contributed by atoms with van der Waals surface area (Å²) in [7, 11) is 0. The maximum atomic E-state index is 15.1. The van der Waals surface area contributed by atoms with Crippen LogP contribution < -0.4 is 4.74 Å². The molecule has 0 bridgehead atoms. The molecule has 4 rings (SSSR count). The summed E-state index contributed by atoms with van der Waals surface area (Å²) in [4.78, 5) is 4.44. The summed E-state index contributed by atoms with van der Waals surface area (Å²) >= 11 is 0. The Hall–Kier alpha value is -3.41. The number of benzene rings is 3. The van der Waals surface area contributed by atoms with Crippen molar-refractivity contribution in [3.63, 3.8) is 0 Å². The second-order valence-corrected chi connectivity index (χ2v) is 7.90. The molecular weight excluding hydrogens is 430 g/mol. The number of halogens is 4. The predicted molar refractivity (Wildman–Crippen MR) is 122 cm³/mol. The number of fused-ring (bicyclic) bond motifs is 1. The first-order valence-electron chi connectivity index (χ1n) is 10.8. The molecule has 0 aliphatic rings. The Morgan fingerprint density at radius 3 is 2.33 bits per heavy atom. The summed E-state index contributed by atoms with van der Waals surface area (Å²) in [5.74, 6) is 0.410. The quantitative estimate of drug-likeness (QED) is 0.268. The van der Waals surface area contributed by atoms with Crippen molar-refractivity contribution in [2.24, 2.45) is 0 Å². The second kappa shape index (κ2) is 9.61. The Balaban J connectivity index is 1.50. The normalized spacial score (nSPS) is 11.7. The molecule has 0 fully saturated rings. The lowest BCUT2D eigenvalue weighted by Crippen LogP contribution is -2.04. The second-order valence-electron chi connectivity index (χ2n) is 7.90.